The van der Waals surface area contributed by atoms with Crippen LogP contribution in [0.1, 0.15) is 20.2 Å². The van der Waals surface area contributed by atoms with Crippen LogP contribution in [0.4, 0.5) is 0 Å². The van der Waals surface area contributed by atoms with E-state index >= 15 is 0 Å². The average molecular weight is 361 g/mol. The summed E-state index contributed by atoms with van der Waals surface area (Å²) < 4.78 is 28.1. The molecular formula is C21H18N4O2. The van der Waals surface area contributed by atoms with Crippen LogP contribution < -0.4 is 4.74 Å². The summed E-state index contributed by atoms with van der Waals surface area (Å²) in [6, 6.07) is 9.89. The van der Waals surface area contributed by atoms with Crippen molar-refractivity contribution in [3.8, 4) is 17.0 Å². The number of pyridine rings is 2. The van der Waals surface area contributed by atoms with E-state index in [9.17, 15) is 4.79 Å². The second-order valence-electron chi connectivity index (χ2n) is 6.21. The van der Waals surface area contributed by atoms with Crippen molar-refractivity contribution in [3.63, 3.8) is 0 Å². The maximum absolute atomic E-state index is 12.6. The molecule has 0 amide bonds. The minimum absolute atomic E-state index is 0.116. The first-order chi connectivity index (χ1) is 14.3. The van der Waals surface area contributed by atoms with E-state index in [0.29, 0.717) is 11.3 Å². The molecule has 0 atom stereocenters. The summed E-state index contributed by atoms with van der Waals surface area (Å²) in [5.41, 5.74) is 3.69. The van der Waals surface area contributed by atoms with E-state index < -0.39 is 7.04 Å². The quantitative estimate of drug-likeness (QED) is 0.509. The van der Waals surface area contributed by atoms with Crippen molar-refractivity contribution in [2.45, 2.75) is 6.42 Å². The van der Waals surface area contributed by atoms with Crippen molar-refractivity contribution < 1.29 is 13.6 Å². The molecule has 0 bridgehead atoms. The Morgan fingerprint density at radius 2 is 2.00 bits per heavy atom. The number of methoxy groups -OCH3 is 1. The van der Waals surface area contributed by atoms with Gasteiger partial charge in [0.2, 0.25) is 0 Å². The van der Waals surface area contributed by atoms with Crippen LogP contribution in [0.3, 0.4) is 0 Å². The maximum atomic E-state index is 12.6. The number of Topliss-reactive ketones (excluding diaryl/α,β-unsaturated/α-hetero) is 1. The standard InChI is InChI=1S/C21H18N4O2/c1-25-13-22-12-20(25)16-7-15-8-17(23-11-19(15)24-10-16)9-21(26)14-3-5-18(27-2)6-4-14/h3-8,10-13H,9H2,1-2H3/i2D3. The number of aromatic nitrogens is 4. The lowest BCUT2D eigenvalue weighted by molar-refractivity contribution is 0.0992. The van der Waals surface area contributed by atoms with Gasteiger partial charge in [-0.25, -0.2) is 4.98 Å². The van der Waals surface area contributed by atoms with Gasteiger partial charge in [0.15, 0.2) is 5.78 Å². The monoisotopic (exact) mass is 361 g/mol. The highest BCUT2D eigenvalue weighted by atomic mass is 16.5. The largest absolute Gasteiger partial charge is 0.497 e. The third-order valence-electron chi connectivity index (χ3n) is 4.37. The number of carbonyl (C=O) groups excluding carboxylic acids is 1. The number of hydrogen-bond donors (Lipinski definition) is 0. The van der Waals surface area contributed by atoms with Gasteiger partial charge in [0, 0.05) is 35.5 Å². The fourth-order valence-corrected chi connectivity index (χ4v) is 2.92. The molecule has 1 aromatic carbocycles. The Morgan fingerprint density at radius 3 is 2.74 bits per heavy atom. The number of imidazole rings is 1. The number of benzene rings is 1. The van der Waals surface area contributed by atoms with Gasteiger partial charge in [-0.2, -0.15) is 0 Å². The minimum atomic E-state index is -2.52. The lowest BCUT2D eigenvalue weighted by Gasteiger charge is -2.06. The van der Waals surface area contributed by atoms with Crippen LogP contribution in [-0.4, -0.2) is 32.3 Å². The van der Waals surface area contributed by atoms with Crippen LogP contribution in [0.2, 0.25) is 0 Å². The van der Waals surface area contributed by atoms with E-state index in [2.05, 4.69) is 15.0 Å². The highest BCUT2D eigenvalue weighted by Crippen LogP contribution is 2.22. The Morgan fingerprint density at radius 1 is 1.15 bits per heavy atom. The number of ketones is 1. The van der Waals surface area contributed by atoms with Gasteiger partial charge in [-0.05, 0) is 36.4 Å². The summed E-state index contributed by atoms with van der Waals surface area (Å²) in [7, 11) is -0.611. The first-order valence-corrected chi connectivity index (χ1v) is 8.32. The molecule has 0 unspecified atom stereocenters. The Hall–Kier alpha value is -3.54. The molecule has 0 fully saturated rings. The molecule has 27 heavy (non-hydrogen) atoms. The third kappa shape index (κ3) is 3.42. The van der Waals surface area contributed by atoms with Crippen molar-refractivity contribution in [2.24, 2.45) is 7.05 Å². The van der Waals surface area contributed by atoms with Crippen molar-refractivity contribution >= 4 is 16.7 Å². The highest BCUT2D eigenvalue weighted by molar-refractivity contribution is 5.97. The van der Waals surface area contributed by atoms with E-state index in [1.54, 1.807) is 37.1 Å². The van der Waals surface area contributed by atoms with Gasteiger partial charge in [0.05, 0.1) is 47.5 Å². The van der Waals surface area contributed by atoms with E-state index in [-0.39, 0.29) is 18.0 Å². The molecule has 0 aliphatic carbocycles. The molecule has 6 nitrogen and oxygen atoms in total. The predicted octanol–water partition coefficient (Wildman–Crippen LogP) is 3.46. The Balaban J connectivity index is 1.54. The van der Waals surface area contributed by atoms with Gasteiger partial charge in [0.1, 0.15) is 5.75 Å². The third-order valence-corrected chi connectivity index (χ3v) is 4.37. The van der Waals surface area contributed by atoms with E-state index in [1.165, 1.54) is 12.1 Å². The van der Waals surface area contributed by atoms with Gasteiger partial charge < -0.3 is 9.30 Å². The number of aryl methyl sites for hydroxylation is 1. The number of fused-ring (bicyclic) bond motifs is 1. The molecule has 134 valence electrons. The van der Waals surface area contributed by atoms with Crippen LogP contribution in [-0.2, 0) is 13.5 Å². The summed E-state index contributed by atoms with van der Waals surface area (Å²) in [6.45, 7) is 0. The smallest absolute Gasteiger partial charge is 0.168 e. The second kappa shape index (κ2) is 6.99. The van der Waals surface area contributed by atoms with Gasteiger partial charge in [0.25, 0.3) is 0 Å². The highest BCUT2D eigenvalue weighted by Gasteiger charge is 2.10. The molecule has 0 aliphatic rings. The zero-order valence-corrected chi connectivity index (χ0v) is 14.6. The molecule has 0 saturated heterocycles. The Labute approximate surface area is 160 Å². The molecule has 0 spiro atoms. The Kier molecular flexibility index (Phi) is 3.53. The molecule has 3 heterocycles. The van der Waals surface area contributed by atoms with Crippen LogP contribution in [0, 0.1) is 0 Å². The molecule has 0 N–H and O–H groups in total. The lowest BCUT2D eigenvalue weighted by atomic mass is 10.0. The molecular weight excluding hydrogens is 340 g/mol. The molecule has 3 aromatic heterocycles. The molecule has 4 rings (SSSR count). The maximum Gasteiger partial charge on any atom is 0.168 e. The fourth-order valence-electron chi connectivity index (χ4n) is 2.92. The summed E-state index contributed by atoms with van der Waals surface area (Å²) in [6.07, 6.45) is 7.04. The Bertz CT molecular complexity index is 1220. The molecule has 4 aromatic rings. The van der Waals surface area contributed by atoms with Gasteiger partial charge >= 0.3 is 0 Å². The zero-order chi connectivity index (χ0) is 21.3. The average Bonchev–Trinajstić information content (AvgIpc) is 3.12. The van der Waals surface area contributed by atoms with Crippen LogP contribution >= 0.6 is 0 Å². The van der Waals surface area contributed by atoms with Crippen LogP contribution in [0.25, 0.3) is 22.2 Å². The van der Waals surface area contributed by atoms with E-state index in [0.717, 1.165) is 22.2 Å². The van der Waals surface area contributed by atoms with E-state index in [1.807, 2.05) is 23.7 Å². The molecule has 0 radical (unpaired) electrons. The molecule has 0 aliphatic heterocycles. The van der Waals surface area contributed by atoms with Crippen molar-refractivity contribution in [2.75, 3.05) is 7.04 Å². The topological polar surface area (TPSA) is 69.9 Å². The second-order valence-corrected chi connectivity index (χ2v) is 6.21. The summed E-state index contributed by atoms with van der Waals surface area (Å²) in [5.74, 6) is 0.0576. The first-order valence-electron chi connectivity index (χ1n) is 9.82. The van der Waals surface area contributed by atoms with Gasteiger partial charge in [-0.3, -0.25) is 14.8 Å². The van der Waals surface area contributed by atoms with Crippen LogP contribution in [0.5, 0.6) is 5.75 Å². The normalized spacial score (nSPS) is 13.0. The van der Waals surface area contributed by atoms with Crippen molar-refractivity contribution in [1.82, 2.24) is 19.5 Å². The number of carbonyl (C=O) groups is 1. The summed E-state index contributed by atoms with van der Waals surface area (Å²) in [4.78, 5) is 25.6. The minimum Gasteiger partial charge on any atom is -0.497 e. The molecule has 0 saturated carbocycles. The number of rotatable bonds is 5. The van der Waals surface area contributed by atoms with Gasteiger partial charge in [-0.1, -0.05) is 0 Å². The van der Waals surface area contributed by atoms with Crippen molar-refractivity contribution in [3.05, 3.63) is 72.6 Å². The molecule has 6 heteroatoms. The predicted molar refractivity (Wildman–Crippen MR) is 103 cm³/mol. The number of nitrogens with zero attached hydrogens (tertiary/aromatic N) is 4. The SMILES string of the molecule is [2H]C([2H])([2H])Oc1ccc(C(=O)Cc2cc3cc(-c4cncn4C)cnc3cn2)cc1. The first kappa shape index (κ1) is 13.6. The lowest BCUT2D eigenvalue weighted by Crippen LogP contribution is -2.05. The zero-order valence-electron chi connectivity index (χ0n) is 17.6. The van der Waals surface area contributed by atoms with Gasteiger partial charge in [-0.15, -0.1) is 0 Å². The van der Waals surface area contributed by atoms with Crippen LogP contribution in [0.15, 0.2) is 61.3 Å². The van der Waals surface area contributed by atoms with E-state index in [4.69, 9.17) is 8.85 Å². The van der Waals surface area contributed by atoms with Crippen molar-refractivity contribution in [1.29, 1.82) is 0 Å². The number of ether oxygens (including phenoxy) is 1. The number of hydrogen-bond acceptors (Lipinski definition) is 5. The summed E-state index contributed by atoms with van der Waals surface area (Å²) in [5, 5.41) is 0.882. The fraction of sp³-hybridized carbons (Fsp3) is 0.143. The summed E-state index contributed by atoms with van der Waals surface area (Å²) >= 11 is 0.